The summed E-state index contributed by atoms with van der Waals surface area (Å²) < 4.78 is 11.4. The molecule has 1 amide bonds. The minimum absolute atomic E-state index is 0.101. The summed E-state index contributed by atoms with van der Waals surface area (Å²) in [6.45, 7) is 0.852. The molecule has 1 aromatic rings. The first kappa shape index (κ1) is 19.6. The highest BCUT2D eigenvalue weighted by molar-refractivity contribution is 8.01. The summed E-state index contributed by atoms with van der Waals surface area (Å²) in [4.78, 5) is 15.4. The van der Waals surface area contributed by atoms with E-state index in [0.29, 0.717) is 16.4 Å². The van der Waals surface area contributed by atoms with Gasteiger partial charge in [-0.05, 0) is 87.3 Å². The van der Waals surface area contributed by atoms with Crippen LogP contribution in [-0.4, -0.2) is 42.1 Å². The minimum atomic E-state index is 0.101. The predicted molar refractivity (Wildman–Crippen MR) is 117 cm³/mol. The third-order valence-electron chi connectivity index (χ3n) is 7.85. The molecule has 4 bridgehead atoms. The average molecular weight is 416 g/mol. The summed E-state index contributed by atoms with van der Waals surface area (Å²) in [7, 11) is 3.39. The van der Waals surface area contributed by atoms with Crippen LogP contribution in [0.5, 0.6) is 11.5 Å². The van der Waals surface area contributed by atoms with Gasteiger partial charge in [0, 0.05) is 16.9 Å². The molecule has 4 saturated carbocycles. The zero-order chi connectivity index (χ0) is 20.0. The van der Waals surface area contributed by atoms with Crippen molar-refractivity contribution >= 4 is 17.7 Å². The molecule has 4 nitrogen and oxygen atoms in total. The largest absolute Gasteiger partial charge is 0.497 e. The maximum absolute atomic E-state index is 13.3. The first-order valence-corrected chi connectivity index (χ1v) is 12.2. The van der Waals surface area contributed by atoms with Gasteiger partial charge in [-0.1, -0.05) is 0 Å². The van der Waals surface area contributed by atoms with Crippen molar-refractivity contribution in [1.82, 2.24) is 4.90 Å². The Hall–Kier alpha value is -1.36. The van der Waals surface area contributed by atoms with Crippen LogP contribution in [-0.2, 0) is 4.79 Å². The second kappa shape index (κ2) is 7.72. The van der Waals surface area contributed by atoms with Gasteiger partial charge in [-0.25, -0.2) is 0 Å². The molecule has 0 N–H and O–H groups in total. The molecule has 29 heavy (non-hydrogen) atoms. The van der Waals surface area contributed by atoms with Gasteiger partial charge in [0.1, 0.15) is 11.5 Å². The summed E-state index contributed by atoms with van der Waals surface area (Å²) in [6.07, 6.45) is 10.5. The van der Waals surface area contributed by atoms with E-state index >= 15 is 0 Å². The Kier molecular flexibility index (Phi) is 5.21. The summed E-state index contributed by atoms with van der Waals surface area (Å²) in [6, 6.07) is 6.03. The number of hydrogen-bond acceptors (Lipinski definition) is 4. The summed E-state index contributed by atoms with van der Waals surface area (Å²) >= 11 is 2.00. The Morgan fingerprint density at radius 2 is 1.79 bits per heavy atom. The van der Waals surface area contributed by atoms with Gasteiger partial charge in [-0.2, -0.15) is 0 Å². The Bertz CT molecular complexity index is 744. The standard InChI is InChI=1S/C24H33NO3S/c1-27-19-5-6-22(28-2)20(11-19)21-4-3-7-25(21)23(26)15-29-24-12-16-8-17(13-24)10-18(9-16)14-24/h5-6,11,16-18,21H,3-4,7-10,12-15H2,1-2H3/t16?,17?,18?,21-,24?/m1/s1. The van der Waals surface area contributed by atoms with E-state index in [2.05, 4.69) is 4.90 Å². The van der Waals surface area contributed by atoms with E-state index in [1.807, 2.05) is 30.0 Å². The van der Waals surface area contributed by atoms with Crippen LogP contribution < -0.4 is 9.47 Å². The van der Waals surface area contributed by atoms with Gasteiger partial charge >= 0.3 is 0 Å². The molecule has 5 fully saturated rings. The van der Waals surface area contributed by atoms with Crippen molar-refractivity contribution in [3.63, 3.8) is 0 Å². The summed E-state index contributed by atoms with van der Waals surface area (Å²) in [5, 5.41) is 0. The van der Waals surface area contributed by atoms with Crippen molar-refractivity contribution in [3.8, 4) is 11.5 Å². The molecule has 1 saturated heterocycles. The van der Waals surface area contributed by atoms with Crippen molar-refractivity contribution in [2.45, 2.75) is 62.2 Å². The number of ether oxygens (including phenoxy) is 2. The van der Waals surface area contributed by atoms with Gasteiger partial charge in [0.2, 0.25) is 5.91 Å². The van der Waals surface area contributed by atoms with E-state index in [-0.39, 0.29) is 6.04 Å². The molecule has 6 rings (SSSR count). The van der Waals surface area contributed by atoms with Gasteiger partial charge in [0.15, 0.2) is 0 Å². The molecular formula is C24H33NO3S. The number of amides is 1. The monoisotopic (exact) mass is 415 g/mol. The van der Waals surface area contributed by atoms with Crippen molar-refractivity contribution < 1.29 is 14.3 Å². The number of nitrogens with zero attached hydrogens (tertiary/aromatic N) is 1. The number of likely N-dealkylation sites (tertiary alicyclic amines) is 1. The molecule has 1 heterocycles. The lowest BCUT2D eigenvalue weighted by molar-refractivity contribution is -0.129. The Balaban J connectivity index is 1.29. The number of carbonyl (C=O) groups is 1. The van der Waals surface area contributed by atoms with Crippen LogP contribution in [0.15, 0.2) is 18.2 Å². The van der Waals surface area contributed by atoms with Crippen LogP contribution in [0.25, 0.3) is 0 Å². The van der Waals surface area contributed by atoms with Crippen molar-refractivity contribution in [3.05, 3.63) is 23.8 Å². The molecule has 0 radical (unpaired) electrons. The molecule has 1 aliphatic heterocycles. The van der Waals surface area contributed by atoms with Crippen molar-refractivity contribution in [2.24, 2.45) is 17.8 Å². The number of hydrogen-bond donors (Lipinski definition) is 0. The van der Waals surface area contributed by atoms with Gasteiger partial charge in [-0.15, -0.1) is 11.8 Å². The molecule has 158 valence electrons. The summed E-state index contributed by atoms with van der Waals surface area (Å²) in [5.74, 6) is 5.42. The Labute approximate surface area is 178 Å². The van der Waals surface area contributed by atoms with Crippen LogP contribution in [0.2, 0.25) is 0 Å². The number of carbonyl (C=O) groups excluding carboxylic acids is 1. The zero-order valence-electron chi connectivity index (χ0n) is 17.7. The lowest BCUT2D eigenvalue weighted by atomic mass is 9.56. The van der Waals surface area contributed by atoms with Crippen LogP contribution >= 0.6 is 11.8 Å². The van der Waals surface area contributed by atoms with Crippen LogP contribution in [0.4, 0.5) is 0 Å². The lowest BCUT2D eigenvalue weighted by Crippen LogP contribution is -2.49. The maximum atomic E-state index is 13.3. The van der Waals surface area contributed by atoms with Crippen LogP contribution in [0, 0.1) is 17.8 Å². The van der Waals surface area contributed by atoms with E-state index in [4.69, 9.17) is 9.47 Å². The Morgan fingerprint density at radius 1 is 1.10 bits per heavy atom. The number of rotatable bonds is 6. The summed E-state index contributed by atoms with van der Waals surface area (Å²) in [5.41, 5.74) is 1.08. The zero-order valence-corrected chi connectivity index (χ0v) is 18.5. The third-order valence-corrected chi connectivity index (χ3v) is 9.36. The van der Waals surface area contributed by atoms with E-state index in [1.54, 1.807) is 14.2 Å². The van der Waals surface area contributed by atoms with Gasteiger partial charge in [0.05, 0.1) is 26.0 Å². The van der Waals surface area contributed by atoms with Gasteiger partial charge < -0.3 is 14.4 Å². The molecule has 5 heteroatoms. The van der Waals surface area contributed by atoms with E-state index in [9.17, 15) is 4.79 Å². The molecule has 1 aromatic carbocycles. The topological polar surface area (TPSA) is 38.8 Å². The molecule has 4 aliphatic carbocycles. The first-order chi connectivity index (χ1) is 14.1. The highest BCUT2D eigenvalue weighted by atomic mass is 32.2. The fourth-order valence-electron chi connectivity index (χ4n) is 6.99. The quantitative estimate of drug-likeness (QED) is 0.650. The van der Waals surface area contributed by atoms with Crippen molar-refractivity contribution in [2.75, 3.05) is 26.5 Å². The number of thioether (sulfide) groups is 1. The Morgan fingerprint density at radius 3 is 2.41 bits per heavy atom. The number of methoxy groups -OCH3 is 2. The molecule has 0 unspecified atom stereocenters. The smallest absolute Gasteiger partial charge is 0.233 e. The van der Waals surface area contributed by atoms with E-state index in [1.165, 1.54) is 38.5 Å². The van der Waals surface area contributed by atoms with Crippen molar-refractivity contribution in [1.29, 1.82) is 0 Å². The lowest BCUT2D eigenvalue weighted by Gasteiger charge is -2.56. The molecule has 0 aromatic heterocycles. The predicted octanol–water partition coefficient (Wildman–Crippen LogP) is 5.07. The normalized spacial score (nSPS) is 35.2. The van der Waals surface area contributed by atoms with Gasteiger partial charge in [-0.3, -0.25) is 4.79 Å². The van der Waals surface area contributed by atoms with Gasteiger partial charge in [0.25, 0.3) is 0 Å². The molecule has 0 spiro atoms. The second-order valence-electron chi connectivity index (χ2n) is 9.74. The molecular weight excluding hydrogens is 382 g/mol. The molecule has 5 aliphatic rings. The fourth-order valence-corrected chi connectivity index (χ4v) is 8.65. The molecule has 1 atom stereocenters. The first-order valence-electron chi connectivity index (χ1n) is 11.2. The van der Waals surface area contributed by atoms with Crippen LogP contribution in [0.1, 0.15) is 63.0 Å². The average Bonchev–Trinajstić information content (AvgIpc) is 3.20. The second-order valence-corrected chi connectivity index (χ2v) is 11.2. The maximum Gasteiger partial charge on any atom is 0.233 e. The van der Waals surface area contributed by atoms with Crippen LogP contribution in [0.3, 0.4) is 0 Å². The van der Waals surface area contributed by atoms with E-state index < -0.39 is 0 Å². The van der Waals surface area contributed by atoms with E-state index in [0.717, 1.165) is 54.2 Å². The highest BCUT2D eigenvalue weighted by Gasteiger charge is 2.51. The fraction of sp³-hybridized carbons (Fsp3) is 0.708. The highest BCUT2D eigenvalue weighted by Crippen LogP contribution is 2.60. The third kappa shape index (κ3) is 3.64. The number of benzene rings is 1. The minimum Gasteiger partial charge on any atom is -0.497 e. The SMILES string of the molecule is COc1ccc(OC)c([C@H]2CCCN2C(=O)CSC23CC4CC(CC(C4)C2)C3)c1.